The fourth-order valence-corrected chi connectivity index (χ4v) is 5.08. The predicted octanol–water partition coefficient (Wildman–Crippen LogP) is 5.78. The third kappa shape index (κ3) is 6.98. The van der Waals surface area contributed by atoms with Crippen molar-refractivity contribution in [1.82, 2.24) is 24.8 Å². The molecular weight excluding hydrogens is 554 g/mol. The van der Waals surface area contributed by atoms with Gasteiger partial charge in [0.2, 0.25) is 5.91 Å². The molecule has 0 saturated carbocycles. The monoisotopic (exact) mass is 592 g/mol. The molecule has 0 aliphatic carbocycles. The van der Waals surface area contributed by atoms with Gasteiger partial charge in [0.1, 0.15) is 28.7 Å². The molecule has 1 atom stereocenters. The van der Waals surface area contributed by atoms with Crippen LogP contribution >= 0.6 is 0 Å². The van der Waals surface area contributed by atoms with Crippen LogP contribution in [0.15, 0.2) is 42.7 Å². The highest BCUT2D eigenvalue weighted by Gasteiger charge is 2.30. The van der Waals surface area contributed by atoms with Gasteiger partial charge in [-0.15, -0.1) is 0 Å². The van der Waals surface area contributed by atoms with E-state index in [0.717, 1.165) is 0 Å². The molecule has 2 aromatic heterocycles. The molecule has 1 unspecified atom stereocenters. The molecule has 1 fully saturated rings. The topological polar surface area (TPSA) is 93.6 Å². The maximum atomic E-state index is 16.4. The summed E-state index contributed by atoms with van der Waals surface area (Å²) in [7, 11) is 1.41. The Morgan fingerprint density at radius 3 is 2.44 bits per heavy atom. The van der Waals surface area contributed by atoms with Crippen LogP contribution in [0.25, 0.3) is 22.0 Å². The predicted molar refractivity (Wildman–Crippen MR) is 162 cm³/mol. The number of aromatic nitrogens is 4. The number of ether oxygens (including phenoxy) is 2. The lowest BCUT2D eigenvalue weighted by atomic mass is 9.96. The Balaban J connectivity index is 0.00000135. The summed E-state index contributed by atoms with van der Waals surface area (Å²) >= 11 is 0. The Morgan fingerprint density at radius 2 is 1.79 bits per heavy atom. The molecule has 0 N–H and O–H groups in total. The Hall–Kier alpha value is -4.41. The van der Waals surface area contributed by atoms with Crippen molar-refractivity contribution < 1.29 is 23.0 Å². The molecule has 1 saturated heterocycles. The maximum Gasteiger partial charge on any atom is 0.319 e. The van der Waals surface area contributed by atoms with Crippen molar-refractivity contribution >= 4 is 22.6 Å². The van der Waals surface area contributed by atoms with E-state index in [1.165, 1.54) is 25.7 Å². The van der Waals surface area contributed by atoms with Crippen LogP contribution in [0.5, 0.6) is 11.8 Å². The number of hydrogen-bond donors (Lipinski definition) is 0. The van der Waals surface area contributed by atoms with Crippen LogP contribution in [0.3, 0.4) is 0 Å². The van der Waals surface area contributed by atoms with Crippen molar-refractivity contribution in [3.8, 4) is 22.9 Å². The zero-order valence-corrected chi connectivity index (χ0v) is 25.5. The number of benzene rings is 2. The van der Waals surface area contributed by atoms with E-state index >= 15 is 8.78 Å². The Morgan fingerprint density at radius 1 is 1.07 bits per heavy atom. The second kappa shape index (κ2) is 14.2. The molecule has 3 heterocycles. The van der Waals surface area contributed by atoms with Crippen molar-refractivity contribution in [2.45, 2.75) is 53.5 Å². The van der Waals surface area contributed by atoms with Gasteiger partial charge in [-0.3, -0.25) is 4.79 Å². The number of carbonyl (C=O) groups is 1. The molecule has 9 nitrogen and oxygen atoms in total. The second-order valence-electron chi connectivity index (χ2n) is 10.4. The number of amides is 1. The van der Waals surface area contributed by atoms with Crippen LogP contribution in [-0.2, 0) is 11.2 Å². The summed E-state index contributed by atoms with van der Waals surface area (Å²) in [5, 5.41) is 0.468. The molecule has 2 aromatic carbocycles. The van der Waals surface area contributed by atoms with E-state index in [-0.39, 0.29) is 47.0 Å². The zero-order chi connectivity index (χ0) is 31.1. The van der Waals surface area contributed by atoms with E-state index in [4.69, 9.17) is 14.5 Å². The molecule has 0 radical (unpaired) electrons. The first-order valence-corrected chi connectivity index (χ1v) is 14.4. The molecule has 1 aliphatic heterocycles. The summed E-state index contributed by atoms with van der Waals surface area (Å²) in [6, 6.07) is 7.73. The summed E-state index contributed by atoms with van der Waals surface area (Å²) in [6.07, 6.45) is 4.94. The number of methoxy groups -OCH3 is 1. The summed E-state index contributed by atoms with van der Waals surface area (Å²) in [6.45, 7) is 11.2. The number of nitrogens with zero attached hydrogens (tertiary/aromatic N) is 6. The van der Waals surface area contributed by atoms with Crippen LogP contribution in [0.1, 0.15) is 45.5 Å². The van der Waals surface area contributed by atoms with Crippen molar-refractivity contribution in [2.24, 2.45) is 0 Å². The number of halogens is 2. The van der Waals surface area contributed by atoms with Gasteiger partial charge in [-0.05, 0) is 43.7 Å². The minimum atomic E-state index is -0.701. The zero-order valence-electron chi connectivity index (χ0n) is 25.5. The van der Waals surface area contributed by atoms with Gasteiger partial charge >= 0.3 is 6.01 Å². The molecule has 0 spiro atoms. The molecule has 1 amide bonds. The quantitative estimate of drug-likeness (QED) is 0.267. The number of hydrogen-bond acceptors (Lipinski definition) is 8. The summed E-state index contributed by atoms with van der Waals surface area (Å²) in [4.78, 5) is 33.3. The number of anilines is 1. The van der Waals surface area contributed by atoms with Crippen molar-refractivity contribution in [3.05, 3.63) is 65.7 Å². The second-order valence-corrected chi connectivity index (χ2v) is 10.4. The van der Waals surface area contributed by atoms with Crippen LogP contribution in [0.4, 0.5) is 14.6 Å². The molecule has 1 aliphatic rings. The van der Waals surface area contributed by atoms with E-state index in [9.17, 15) is 4.79 Å². The SMILES string of the molecule is CCC.COc1cccc(F)c1-c1c(C)cc2c(N3CCN(C(C)=O)CC3C)nc(OCCc3ncccn3)nc2c1F. The van der Waals surface area contributed by atoms with Gasteiger partial charge in [-0.25, -0.2) is 18.7 Å². The van der Waals surface area contributed by atoms with E-state index in [1.54, 1.807) is 49.3 Å². The molecule has 5 rings (SSSR count). The lowest BCUT2D eigenvalue weighted by Crippen LogP contribution is -2.53. The third-order valence-electron chi connectivity index (χ3n) is 7.05. The fraction of sp³-hybridized carbons (Fsp3) is 0.406. The van der Waals surface area contributed by atoms with Crippen molar-refractivity contribution in [3.63, 3.8) is 0 Å². The largest absolute Gasteiger partial charge is 0.496 e. The van der Waals surface area contributed by atoms with E-state index in [0.29, 0.717) is 48.6 Å². The highest BCUT2D eigenvalue weighted by Crippen LogP contribution is 2.41. The summed E-state index contributed by atoms with van der Waals surface area (Å²) in [5.41, 5.74) is 0.589. The van der Waals surface area contributed by atoms with Crippen molar-refractivity contribution in [2.75, 3.05) is 38.3 Å². The minimum Gasteiger partial charge on any atom is -0.496 e. The fourth-order valence-electron chi connectivity index (χ4n) is 5.08. The first kappa shape index (κ1) is 31.5. The van der Waals surface area contributed by atoms with Gasteiger partial charge < -0.3 is 19.3 Å². The average Bonchev–Trinajstić information content (AvgIpc) is 2.99. The highest BCUT2D eigenvalue weighted by atomic mass is 19.1. The molecular formula is C32H38F2N6O3. The average molecular weight is 593 g/mol. The third-order valence-corrected chi connectivity index (χ3v) is 7.05. The minimum absolute atomic E-state index is 0.00284. The van der Waals surface area contributed by atoms with Crippen LogP contribution in [0.2, 0.25) is 0 Å². The first-order chi connectivity index (χ1) is 20.7. The van der Waals surface area contributed by atoms with E-state index in [2.05, 4.69) is 28.8 Å². The van der Waals surface area contributed by atoms with Gasteiger partial charge in [-0.1, -0.05) is 26.3 Å². The summed E-state index contributed by atoms with van der Waals surface area (Å²) in [5.74, 6) is -0.0222. The number of aryl methyl sites for hydroxylation is 1. The van der Waals surface area contributed by atoms with Crippen LogP contribution in [-0.4, -0.2) is 70.1 Å². The standard InChI is InChI=1S/C29H30F2N6O3.C3H8/c1-17-15-20-27(26(31)24(17)25-21(30)7-5-8-22(25)39-4)34-29(40-14-9-23-32-10-6-11-33-23)35-28(20)37-13-12-36(19(3)38)16-18(37)2;1-3-2/h5-8,10-11,15,18H,9,12-14,16H2,1-4H3;3H2,1-2H3. The van der Waals surface area contributed by atoms with Gasteiger partial charge in [0, 0.05) is 62.4 Å². The Bertz CT molecular complexity index is 1570. The van der Waals surface area contributed by atoms with Gasteiger partial charge in [-0.2, -0.15) is 9.97 Å². The Labute approximate surface area is 250 Å². The van der Waals surface area contributed by atoms with E-state index in [1.807, 2.05) is 11.8 Å². The van der Waals surface area contributed by atoms with Gasteiger partial charge in [0.05, 0.1) is 19.3 Å². The molecule has 228 valence electrons. The van der Waals surface area contributed by atoms with Crippen LogP contribution < -0.4 is 14.4 Å². The smallest absolute Gasteiger partial charge is 0.319 e. The number of carbonyl (C=O) groups excluding carboxylic acids is 1. The molecule has 0 bridgehead atoms. The Kier molecular flexibility index (Phi) is 10.4. The first-order valence-electron chi connectivity index (χ1n) is 14.4. The normalized spacial score (nSPS) is 14.7. The number of rotatable bonds is 7. The highest BCUT2D eigenvalue weighted by molar-refractivity contribution is 5.95. The lowest BCUT2D eigenvalue weighted by molar-refractivity contribution is -0.129. The van der Waals surface area contributed by atoms with Gasteiger partial charge in [0.25, 0.3) is 0 Å². The lowest BCUT2D eigenvalue weighted by Gasteiger charge is -2.40. The van der Waals surface area contributed by atoms with Crippen molar-refractivity contribution in [1.29, 1.82) is 0 Å². The number of fused-ring (bicyclic) bond motifs is 1. The summed E-state index contributed by atoms with van der Waals surface area (Å²) < 4.78 is 42.7. The molecule has 43 heavy (non-hydrogen) atoms. The van der Waals surface area contributed by atoms with E-state index < -0.39 is 11.6 Å². The molecule has 4 aromatic rings. The number of piperazine rings is 1. The van der Waals surface area contributed by atoms with Gasteiger partial charge in [0.15, 0.2) is 5.82 Å². The molecule has 11 heteroatoms. The van der Waals surface area contributed by atoms with Crippen LogP contribution in [0, 0.1) is 18.6 Å². The maximum absolute atomic E-state index is 16.4.